The van der Waals surface area contributed by atoms with Gasteiger partial charge < -0.3 is 14.5 Å². The first kappa shape index (κ1) is 23.4. The van der Waals surface area contributed by atoms with Gasteiger partial charge in [0.15, 0.2) is 0 Å². The van der Waals surface area contributed by atoms with Crippen LogP contribution in [0.4, 0.5) is 10.1 Å². The number of carbonyl (C=O) groups excluding carboxylic acids is 1. The molecule has 0 spiro atoms. The van der Waals surface area contributed by atoms with Crippen LogP contribution in [0.5, 0.6) is 5.75 Å². The predicted molar refractivity (Wildman–Crippen MR) is 134 cm³/mol. The third kappa shape index (κ3) is 4.25. The van der Waals surface area contributed by atoms with E-state index in [1.54, 1.807) is 55.6 Å². The second-order valence-electron chi connectivity index (χ2n) is 8.06. The van der Waals surface area contributed by atoms with Gasteiger partial charge in [0.05, 0.1) is 18.7 Å². The minimum absolute atomic E-state index is 0.0379. The predicted octanol–water partition coefficient (Wildman–Crippen LogP) is 4.40. The lowest BCUT2D eigenvalue weighted by Gasteiger charge is -2.13. The highest BCUT2D eigenvalue weighted by atomic mass is 35.5. The van der Waals surface area contributed by atoms with Gasteiger partial charge in [0, 0.05) is 11.1 Å². The molecule has 10 heteroatoms. The van der Waals surface area contributed by atoms with E-state index in [-0.39, 0.29) is 28.4 Å². The molecule has 1 N–H and O–H groups in total. The first-order valence-electron chi connectivity index (χ1n) is 10.9. The number of hydrogen-bond donors (Lipinski definition) is 1. The van der Waals surface area contributed by atoms with Gasteiger partial charge in [-0.2, -0.15) is 0 Å². The van der Waals surface area contributed by atoms with E-state index in [1.165, 1.54) is 16.7 Å². The van der Waals surface area contributed by atoms with Crippen LogP contribution in [0.25, 0.3) is 22.1 Å². The smallest absolute Gasteiger partial charge is 0.332 e. The third-order valence-corrected chi connectivity index (χ3v) is 6.03. The normalized spacial score (nSPS) is 11.2. The quantitative estimate of drug-likeness (QED) is 0.367. The second-order valence-corrected chi connectivity index (χ2v) is 8.47. The number of rotatable bonds is 6. The number of ether oxygens (including phenoxy) is 1. The molecule has 0 radical (unpaired) electrons. The Morgan fingerprint density at radius 1 is 1.06 bits per heavy atom. The molecule has 0 unspecified atom stereocenters. The Morgan fingerprint density at radius 3 is 2.53 bits per heavy atom. The Kier molecular flexibility index (Phi) is 6.07. The lowest BCUT2D eigenvalue weighted by Crippen LogP contribution is -2.41. The molecule has 2 aromatic heterocycles. The maximum Gasteiger partial charge on any atom is 0.332 e. The molecule has 5 aromatic rings. The zero-order chi connectivity index (χ0) is 25.4. The molecule has 8 nitrogen and oxygen atoms in total. The molecule has 1 amide bonds. The summed E-state index contributed by atoms with van der Waals surface area (Å²) in [6, 6.07) is 17.6. The highest BCUT2D eigenvalue weighted by Gasteiger charge is 2.21. The number of anilines is 1. The average molecular weight is 508 g/mol. The Bertz CT molecular complexity index is 1740. The first-order valence-corrected chi connectivity index (χ1v) is 11.3. The SMILES string of the molecule is COc1ccc(Cn2c(=O)c3oc4ccccc4c3n(CC(=O)Nc3ccc(F)c(Cl)c3)c2=O)cc1. The van der Waals surface area contributed by atoms with Crippen molar-refractivity contribution in [1.29, 1.82) is 0 Å². The van der Waals surface area contributed by atoms with Gasteiger partial charge in [-0.1, -0.05) is 35.9 Å². The number of carbonyl (C=O) groups is 1. The number of halogens is 2. The van der Waals surface area contributed by atoms with E-state index in [1.807, 2.05) is 0 Å². The van der Waals surface area contributed by atoms with Crippen molar-refractivity contribution >= 4 is 45.3 Å². The van der Waals surface area contributed by atoms with Crippen molar-refractivity contribution in [1.82, 2.24) is 9.13 Å². The van der Waals surface area contributed by atoms with Crippen molar-refractivity contribution in [3.63, 3.8) is 0 Å². The van der Waals surface area contributed by atoms with Gasteiger partial charge in [-0.3, -0.25) is 18.7 Å². The molecule has 0 aliphatic carbocycles. The lowest BCUT2D eigenvalue weighted by atomic mass is 10.2. The molecular weight excluding hydrogens is 489 g/mol. The zero-order valence-electron chi connectivity index (χ0n) is 19.0. The standard InChI is InChI=1S/C26H19ClFN3O5/c1-35-17-9-6-15(7-10-17)13-31-25(33)24-23(18-4-2-3-5-21(18)36-24)30(26(31)34)14-22(32)29-16-8-11-20(28)19(27)12-16/h2-12H,13-14H2,1H3,(H,29,32). The van der Waals surface area contributed by atoms with Gasteiger partial charge in [0.1, 0.15) is 29.2 Å². The number of aromatic nitrogens is 2. The molecule has 0 fully saturated rings. The van der Waals surface area contributed by atoms with Gasteiger partial charge in [-0.15, -0.1) is 0 Å². The number of furan rings is 1. The van der Waals surface area contributed by atoms with Crippen LogP contribution >= 0.6 is 11.6 Å². The molecule has 182 valence electrons. The maximum absolute atomic E-state index is 13.6. The lowest BCUT2D eigenvalue weighted by molar-refractivity contribution is -0.116. The van der Waals surface area contributed by atoms with E-state index in [2.05, 4.69) is 5.32 Å². The molecule has 0 saturated carbocycles. The molecule has 0 bridgehead atoms. The Balaban J connectivity index is 1.61. The molecule has 0 aliphatic rings. The van der Waals surface area contributed by atoms with Crippen LogP contribution in [0.3, 0.4) is 0 Å². The number of nitrogens with zero attached hydrogens (tertiary/aromatic N) is 2. The molecule has 0 atom stereocenters. The Labute approximate surface area is 208 Å². The Morgan fingerprint density at radius 2 is 1.81 bits per heavy atom. The maximum atomic E-state index is 13.6. The van der Waals surface area contributed by atoms with Crippen molar-refractivity contribution in [3.05, 3.63) is 104 Å². The van der Waals surface area contributed by atoms with Crippen LogP contribution in [0.2, 0.25) is 5.02 Å². The van der Waals surface area contributed by atoms with Crippen molar-refractivity contribution in [2.75, 3.05) is 12.4 Å². The highest BCUT2D eigenvalue weighted by molar-refractivity contribution is 6.31. The van der Waals surface area contributed by atoms with E-state index < -0.39 is 29.5 Å². The van der Waals surface area contributed by atoms with Crippen molar-refractivity contribution in [2.24, 2.45) is 0 Å². The number of nitrogens with one attached hydrogen (secondary N) is 1. The third-order valence-electron chi connectivity index (χ3n) is 5.75. The van der Waals surface area contributed by atoms with Crippen LogP contribution in [0.15, 0.2) is 80.7 Å². The Hall–Kier alpha value is -4.37. The number of para-hydroxylation sites is 1. The number of benzene rings is 3. The number of amides is 1. The molecule has 0 aliphatic heterocycles. The van der Waals surface area contributed by atoms with E-state index in [0.717, 1.165) is 10.6 Å². The summed E-state index contributed by atoms with van der Waals surface area (Å²) in [6.45, 7) is -0.458. The van der Waals surface area contributed by atoms with Crippen LogP contribution < -0.4 is 21.3 Å². The van der Waals surface area contributed by atoms with Crippen molar-refractivity contribution in [3.8, 4) is 5.75 Å². The summed E-state index contributed by atoms with van der Waals surface area (Å²) in [5.41, 5.74) is 0.249. The minimum atomic E-state index is -0.679. The minimum Gasteiger partial charge on any atom is -0.497 e. The largest absolute Gasteiger partial charge is 0.497 e. The molecule has 0 saturated heterocycles. The fourth-order valence-corrected chi connectivity index (χ4v) is 4.19. The van der Waals surface area contributed by atoms with E-state index in [4.69, 9.17) is 20.8 Å². The van der Waals surface area contributed by atoms with Gasteiger partial charge in [-0.05, 0) is 48.0 Å². The van der Waals surface area contributed by atoms with Gasteiger partial charge in [-0.25, -0.2) is 9.18 Å². The molecule has 36 heavy (non-hydrogen) atoms. The summed E-state index contributed by atoms with van der Waals surface area (Å²) in [4.78, 5) is 39.8. The van der Waals surface area contributed by atoms with Crippen LogP contribution in [0, 0.1) is 5.82 Å². The summed E-state index contributed by atoms with van der Waals surface area (Å²) in [5, 5.41) is 2.98. The van der Waals surface area contributed by atoms with E-state index in [9.17, 15) is 18.8 Å². The fourth-order valence-electron chi connectivity index (χ4n) is 4.01. The number of methoxy groups -OCH3 is 1. The summed E-state index contributed by atoms with van der Waals surface area (Å²) < 4.78 is 26.7. The topological polar surface area (TPSA) is 95.5 Å². The van der Waals surface area contributed by atoms with Gasteiger partial charge >= 0.3 is 5.69 Å². The molecule has 3 aromatic carbocycles. The van der Waals surface area contributed by atoms with Crippen LogP contribution in [0.1, 0.15) is 5.56 Å². The summed E-state index contributed by atoms with van der Waals surface area (Å²) >= 11 is 5.81. The highest BCUT2D eigenvalue weighted by Crippen LogP contribution is 2.26. The monoisotopic (exact) mass is 507 g/mol. The fraction of sp³-hybridized carbons (Fsp3) is 0.115. The second kappa shape index (κ2) is 9.35. The van der Waals surface area contributed by atoms with Gasteiger partial charge in [0.25, 0.3) is 5.56 Å². The summed E-state index contributed by atoms with van der Waals surface area (Å²) in [7, 11) is 1.54. The van der Waals surface area contributed by atoms with Crippen LogP contribution in [-0.2, 0) is 17.9 Å². The molecule has 5 rings (SSSR count). The molecule has 2 heterocycles. The summed E-state index contributed by atoms with van der Waals surface area (Å²) in [6.07, 6.45) is 0. The van der Waals surface area contributed by atoms with Crippen LogP contribution in [-0.4, -0.2) is 22.2 Å². The van der Waals surface area contributed by atoms with Gasteiger partial charge in [0.2, 0.25) is 11.5 Å². The molecular formula is C26H19ClFN3O5. The zero-order valence-corrected chi connectivity index (χ0v) is 19.7. The number of fused-ring (bicyclic) bond motifs is 3. The van der Waals surface area contributed by atoms with Crippen molar-refractivity contribution in [2.45, 2.75) is 13.1 Å². The average Bonchev–Trinajstić information content (AvgIpc) is 3.27. The van der Waals surface area contributed by atoms with E-state index in [0.29, 0.717) is 22.3 Å². The summed E-state index contributed by atoms with van der Waals surface area (Å²) in [5.74, 6) is -0.558. The first-order chi connectivity index (χ1) is 17.4. The van der Waals surface area contributed by atoms with Crippen molar-refractivity contribution < 1.29 is 18.3 Å². The van der Waals surface area contributed by atoms with E-state index >= 15 is 0 Å². The number of hydrogen-bond acceptors (Lipinski definition) is 5.